The second kappa shape index (κ2) is 16.5. The van der Waals surface area contributed by atoms with Gasteiger partial charge in [-0.25, -0.2) is 0 Å². The quantitative estimate of drug-likeness (QED) is 0.175. The minimum absolute atomic E-state index is 0.163. The first-order valence-electron chi connectivity index (χ1n) is 10.5. The van der Waals surface area contributed by atoms with E-state index in [1.807, 2.05) is 0 Å². The highest BCUT2D eigenvalue weighted by molar-refractivity contribution is 7.86. The van der Waals surface area contributed by atoms with Crippen LogP contribution in [0.2, 0.25) is 0 Å². The van der Waals surface area contributed by atoms with Gasteiger partial charge in [-0.05, 0) is 6.42 Å². The van der Waals surface area contributed by atoms with Crippen molar-refractivity contribution in [2.75, 3.05) is 0 Å². The normalized spacial score (nSPS) is 12.9. The molecule has 0 aliphatic heterocycles. The van der Waals surface area contributed by atoms with Gasteiger partial charge in [-0.15, -0.1) is 0 Å². The molecule has 0 saturated heterocycles. The molecule has 1 N–H and O–H groups in total. The van der Waals surface area contributed by atoms with Crippen LogP contribution in [0.4, 0.5) is 0 Å². The van der Waals surface area contributed by atoms with Gasteiger partial charge in [0.05, 0.1) is 0 Å². The van der Waals surface area contributed by atoms with Gasteiger partial charge in [0.15, 0.2) is 0 Å². The molecular formula is C20H40O5S. The number of unbranched alkanes of at least 4 members (excludes halogenated alkanes) is 14. The smallest absolute Gasteiger partial charge is 0.304 e. The number of carbonyl (C=O) groups is 1. The topological polar surface area (TPSA) is 80.7 Å². The lowest BCUT2D eigenvalue weighted by molar-refractivity contribution is -0.143. The fourth-order valence-corrected chi connectivity index (χ4v) is 3.86. The van der Waals surface area contributed by atoms with Crippen LogP contribution in [-0.4, -0.2) is 24.4 Å². The summed E-state index contributed by atoms with van der Waals surface area (Å²) in [5.41, 5.74) is -1.41. The molecule has 0 aromatic heterocycles. The van der Waals surface area contributed by atoms with Crippen molar-refractivity contribution in [1.82, 2.24) is 0 Å². The number of esters is 1. The van der Waals surface area contributed by atoms with Gasteiger partial charge in [0.25, 0.3) is 0 Å². The molecule has 1 unspecified atom stereocenters. The Kier molecular flexibility index (Phi) is 16.2. The van der Waals surface area contributed by atoms with Crippen molar-refractivity contribution in [3.05, 3.63) is 0 Å². The van der Waals surface area contributed by atoms with E-state index < -0.39 is 21.5 Å². The van der Waals surface area contributed by atoms with Crippen molar-refractivity contribution in [2.24, 2.45) is 0 Å². The first-order valence-corrected chi connectivity index (χ1v) is 12.0. The maximum Gasteiger partial charge on any atom is 0.304 e. The van der Waals surface area contributed by atoms with E-state index in [1.54, 1.807) is 0 Å². The summed E-state index contributed by atoms with van der Waals surface area (Å²) < 4.78 is 35.9. The molecule has 6 heteroatoms. The lowest BCUT2D eigenvalue weighted by Crippen LogP contribution is -2.25. The van der Waals surface area contributed by atoms with Gasteiger partial charge < -0.3 is 4.74 Å². The standard InChI is InChI=1S/C20H40O5S/c1-3-4-5-6-7-8-9-10-11-12-13-14-15-16-17-18-20(25-19(2)21)26(22,23)24/h20H,3-18H2,1-2H3,(H,22,23,24). The summed E-state index contributed by atoms with van der Waals surface area (Å²) in [6.45, 7) is 3.39. The molecule has 26 heavy (non-hydrogen) atoms. The van der Waals surface area contributed by atoms with Gasteiger partial charge in [0.2, 0.25) is 5.44 Å². The molecule has 0 heterocycles. The Morgan fingerprint density at radius 3 is 1.42 bits per heavy atom. The second-order valence-corrected chi connectivity index (χ2v) is 8.85. The summed E-state index contributed by atoms with van der Waals surface area (Å²) >= 11 is 0. The molecule has 1 atom stereocenters. The minimum atomic E-state index is -4.32. The molecular weight excluding hydrogens is 352 g/mol. The molecule has 5 nitrogen and oxygen atoms in total. The van der Waals surface area contributed by atoms with Gasteiger partial charge >= 0.3 is 16.1 Å². The van der Waals surface area contributed by atoms with Crippen LogP contribution in [0.3, 0.4) is 0 Å². The van der Waals surface area contributed by atoms with E-state index in [1.165, 1.54) is 70.6 Å². The Hall–Kier alpha value is -0.620. The molecule has 0 rings (SSSR count). The highest BCUT2D eigenvalue weighted by Crippen LogP contribution is 2.16. The largest absolute Gasteiger partial charge is 0.444 e. The van der Waals surface area contributed by atoms with Crippen molar-refractivity contribution in [3.8, 4) is 0 Å². The molecule has 0 fully saturated rings. The molecule has 0 spiro atoms. The summed E-state index contributed by atoms with van der Waals surface area (Å²) in [5.74, 6) is -0.686. The van der Waals surface area contributed by atoms with Crippen LogP contribution < -0.4 is 0 Å². The van der Waals surface area contributed by atoms with E-state index in [2.05, 4.69) is 11.7 Å². The number of hydrogen-bond donors (Lipinski definition) is 1. The third-order valence-electron chi connectivity index (χ3n) is 4.67. The second-order valence-electron chi connectivity index (χ2n) is 7.29. The summed E-state index contributed by atoms with van der Waals surface area (Å²) in [4.78, 5) is 10.9. The summed E-state index contributed by atoms with van der Waals surface area (Å²) in [6, 6.07) is 0. The number of hydrogen-bond acceptors (Lipinski definition) is 4. The summed E-state index contributed by atoms with van der Waals surface area (Å²) in [7, 11) is -4.32. The predicted molar refractivity (Wildman–Crippen MR) is 107 cm³/mol. The third-order valence-corrected chi connectivity index (χ3v) is 5.67. The molecule has 0 aliphatic rings. The van der Waals surface area contributed by atoms with Gasteiger partial charge in [0.1, 0.15) is 0 Å². The maximum absolute atomic E-state index is 11.1. The van der Waals surface area contributed by atoms with Gasteiger partial charge in [-0.2, -0.15) is 8.42 Å². The average Bonchev–Trinajstić information content (AvgIpc) is 2.56. The van der Waals surface area contributed by atoms with E-state index in [9.17, 15) is 13.2 Å². The first-order chi connectivity index (χ1) is 12.4. The van der Waals surface area contributed by atoms with Crippen molar-refractivity contribution in [3.63, 3.8) is 0 Å². The molecule has 156 valence electrons. The predicted octanol–water partition coefficient (Wildman–Crippen LogP) is 6.02. The van der Waals surface area contributed by atoms with E-state index in [4.69, 9.17) is 4.55 Å². The monoisotopic (exact) mass is 392 g/mol. The van der Waals surface area contributed by atoms with Gasteiger partial charge in [0, 0.05) is 13.3 Å². The van der Waals surface area contributed by atoms with E-state index >= 15 is 0 Å². The fourth-order valence-electron chi connectivity index (χ4n) is 3.14. The van der Waals surface area contributed by atoms with Crippen molar-refractivity contribution < 1.29 is 22.5 Å². The zero-order valence-corrected chi connectivity index (χ0v) is 17.7. The molecule has 0 saturated carbocycles. The van der Waals surface area contributed by atoms with E-state index in [-0.39, 0.29) is 6.42 Å². The molecule has 0 radical (unpaired) electrons. The highest BCUT2D eigenvalue weighted by atomic mass is 32.2. The Bertz CT molecular complexity index is 433. The zero-order valence-electron chi connectivity index (χ0n) is 16.9. The van der Waals surface area contributed by atoms with Crippen molar-refractivity contribution >= 4 is 16.1 Å². The Balaban J connectivity index is 3.41. The van der Waals surface area contributed by atoms with Crippen LogP contribution in [0.15, 0.2) is 0 Å². The molecule has 0 aromatic rings. The molecule has 0 amide bonds. The van der Waals surface area contributed by atoms with Crippen molar-refractivity contribution in [1.29, 1.82) is 0 Å². The average molecular weight is 393 g/mol. The van der Waals surface area contributed by atoms with Gasteiger partial charge in [-0.1, -0.05) is 96.8 Å². The van der Waals surface area contributed by atoms with Crippen LogP contribution >= 0.6 is 0 Å². The highest BCUT2D eigenvalue weighted by Gasteiger charge is 2.25. The molecule has 0 aromatic carbocycles. The Morgan fingerprint density at radius 2 is 1.12 bits per heavy atom. The lowest BCUT2D eigenvalue weighted by Gasteiger charge is -2.13. The zero-order chi connectivity index (χ0) is 19.7. The summed E-state index contributed by atoms with van der Waals surface area (Å²) in [5, 5.41) is 0. The third kappa shape index (κ3) is 16.8. The fraction of sp³-hybridized carbons (Fsp3) is 0.950. The van der Waals surface area contributed by atoms with Crippen LogP contribution in [-0.2, 0) is 19.6 Å². The van der Waals surface area contributed by atoms with Crippen LogP contribution in [0.5, 0.6) is 0 Å². The Labute approximate surface area is 161 Å². The number of carbonyl (C=O) groups excluding carboxylic acids is 1. The van der Waals surface area contributed by atoms with Crippen LogP contribution in [0, 0.1) is 0 Å². The summed E-state index contributed by atoms with van der Waals surface area (Å²) in [6.07, 6.45) is 18.6. The van der Waals surface area contributed by atoms with Crippen LogP contribution in [0.25, 0.3) is 0 Å². The van der Waals surface area contributed by atoms with Crippen molar-refractivity contribution in [2.45, 2.75) is 122 Å². The minimum Gasteiger partial charge on any atom is -0.444 e. The Morgan fingerprint density at radius 1 is 0.769 bits per heavy atom. The van der Waals surface area contributed by atoms with E-state index in [0.717, 1.165) is 26.2 Å². The SMILES string of the molecule is CCCCCCCCCCCCCCCCCC(OC(C)=O)S(=O)(=O)O. The molecule has 0 bridgehead atoms. The molecule has 0 aliphatic carbocycles. The van der Waals surface area contributed by atoms with E-state index in [0.29, 0.717) is 6.42 Å². The lowest BCUT2D eigenvalue weighted by atomic mass is 10.0. The van der Waals surface area contributed by atoms with Gasteiger partial charge in [-0.3, -0.25) is 9.35 Å². The number of rotatable bonds is 18. The van der Waals surface area contributed by atoms with Crippen LogP contribution in [0.1, 0.15) is 117 Å². The number of ether oxygens (including phenoxy) is 1. The first kappa shape index (κ1) is 25.4. The maximum atomic E-state index is 11.1.